The van der Waals surface area contributed by atoms with Crippen molar-refractivity contribution in [1.82, 2.24) is 4.72 Å². The Morgan fingerprint density at radius 1 is 0.880 bits per heavy atom. The first-order valence-electron chi connectivity index (χ1n) is 8.22. The number of aryl methyl sites for hydroxylation is 1. The van der Waals surface area contributed by atoms with E-state index >= 15 is 0 Å². The van der Waals surface area contributed by atoms with E-state index in [1.807, 2.05) is 72.8 Å². The van der Waals surface area contributed by atoms with Crippen LogP contribution in [0, 0.1) is 0 Å². The quantitative estimate of drug-likeness (QED) is 0.685. The molecule has 25 heavy (non-hydrogen) atoms. The summed E-state index contributed by atoms with van der Waals surface area (Å²) in [6.07, 6.45) is -0.446. The molecular weight excluding hydrogens is 334 g/mol. The van der Waals surface area contributed by atoms with Gasteiger partial charge in [0.2, 0.25) is 10.0 Å². The number of nitrogens with one attached hydrogen (secondary N) is 1. The normalized spacial score (nSPS) is 13.0. The number of hydrogen-bond donors (Lipinski definition) is 2. The summed E-state index contributed by atoms with van der Waals surface area (Å²) in [6.45, 7) is -0.0366. The van der Waals surface area contributed by atoms with Crippen LogP contribution in [0.3, 0.4) is 0 Å². The predicted octanol–water partition coefficient (Wildman–Crippen LogP) is 3.04. The van der Waals surface area contributed by atoms with Crippen molar-refractivity contribution in [1.29, 1.82) is 0 Å². The minimum absolute atomic E-state index is 0.000723. The van der Waals surface area contributed by atoms with Crippen molar-refractivity contribution in [2.75, 3.05) is 12.3 Å². The molecule has 0 radical (unpaired) electrons. The van der Waals surface area contributed by atoms with Crippen molar-refractivity contribution < 1.29 is 13.5 Å². The topological polar surface area (TPSA) is 66.4 Å². The molecule has 0 spiro atoms. The molecule has 5 heteroatoms. The Hall–Kier alpha value is -2.21. The summed E-state index contributed by atoms with van der Waals surface area (Å²) in [5.41, 5.74) is 1.70. The van der Waals surface area contributed by atoms with Gasteiger partial charge in [0.15, 0.2) is 0 Å². The fraction of sp³-hybridized carbons (Fsp3) is 0.200. The van der Waals surface area contributed by atoms with E-state index in [1.165, 1.54) is 0 Å². The van der Waals surface area contributed by atoms with E-state index < -0.39 is 16.1 Å². The van der Waals surface area contributed by atoms with Crippen molar-refractivity contribution in [2.24, 2.45) is 0 Å². The maximum Gasteiger partial charge on any atom is 0.212 e. The molecule has 0 aliphatic rings. The fourth-order valence-electron chi connectivity index (χ4n) is 2.83. The molecule has 0 fully saturated rings. The van der Waals surface area contributed by atoms with Crippen LogP contribution in [0.5, 0.6) is 0 Å². The van der Waals surface area contributed by atoms with Crippen molar-refractivity contribution in [3.8, 4) is 0 Å². The SMILES string of the molecule is O=S(=O)(CCc1ccccc1)NCC(O)c1cccc2ccccc12. The van der Waals surface area contributed by atoms with Gasteiger partial charge in [0.25, 0.3) is 0 Å². The van der Waals surface area contributed by atoms with Crippen LogP contribution in [-0.2, 0) is 16.4 Å². The molecule has 0 amide bonds. The van der Waals surface area contributed by atoms with E-state index in [4.69, 9.17) is 0 Å². The first kappa shape index (κ1) is 17.6. The third-order valence-corrected chi connectivity index (χ3v) is 5.53. The van der Waals surface area contributed by atoms with Crippen LogP contribution in [0.1, 0.15) is 17.2 Å². The molecule has 0 aromatic heterocycles. The third kappa shape index (κ3) is 4.66. The van der Waals surface area contributed by atoms with Crippen LogP contribution in [0.25, 0.3) is 10.8 Å². The third-order valence-electron chi connectivity index (χ3n) is 4.18. The lowest BCUT2D eigenvalue weighted by molar-refractivity contribution is 0.183. The number of rotatable bonds is 7. The highest BCUT2D eigenvalue weighted by molar-refractivity contribution is 7.89. The van der Waals surface area contributed by atoms with E-state index in [9.17, 15) is 13.5 Å². The molecule has 1 unspecified atom stereocenters. The summed E-state index contributed by atoms with van der Waals surface area (Å²) in [6, 6.07) is 22.9. The molecule has 3 aromatic carbocycles. The zero-order valence-electron chi connectivity index (χ0n) is 13.8. The van der Waals surface area contributed by atoms with Gasteiger partial charge in [0, 0.05) is 6.54 Å². The number of sulfonamides is 1. The molecular formula is C20H21NO3S. The van der Waals surface area contributed by atoms with Gasteiger partial charge in [-0.3, -0.25) is 0 Å². The van der Waals surface area contributed by atoms with Crippen LogP contribution >= 0.6 is 0 Å². The van der Waals surface area contributed by atoms with Gasteiger partial charge in [0.1, 0.15) is 0 Å². The van der Waals surface area contributed by atoms with Gasteiger partial charge in [0.05, 0.1) is 11.9 Å². The summed E-state index contributed by atoms with van der Waals surface area (Å²) in [7, 11) is -3.45. The Morgan fingerprint density at radius 3 is 2.36 bits per heavy atom. The Labute approximate surface area is 148 Å². The molecule has 0 saturated carbocycles. The van der Waals surface area contributed by atoms with Crippen molar-refractivity contribution in [3.63, 3.8) is 0 Å². The lowest BCUT2D eigenvalue weighted by Gasteiger charge is -2.15. The first-order chi connectivity index (χ1) is 12.1. The highest BCUT2D eigenvalue weighted by atomic mass is 32.2. The molecule has 0 saturated heterocycles. The summed E-state index contributed by atoms with van der Waals surface area (Å²) < 4.78 is 26.9. The molecule has 0 heterocycles. The van der Waals surface area contributed by atoms with Crippen LogP contribution in [0.15, 0.2) is 72.8 Å². The summed E-state index contributed by atoms with van der Waals surface area (Å²) in [5, 5.41) is 12.4. The van der Waals surface area contributed by atoms with Crippen LogP contribution in [-0.4, -0.2) is 25.8 Å². The molecule has 4 nitrogen and oxygen atoms in total. The van der Waals surface area contributed by atoms with Gasteiger partial charge in [-0.1, -0.05) is 72.8 Å². The van der Waals surface area contributed by atoms with Crippen LogP contribution in [0.4, 0.5) is 0 Å². The molecule has 3 aromatic rings. The van der Waals surface area contributed by atoms with Gasteiger partial charge in [-0.25, -0.2) is 13.1 Å². The minimum atomic E-state index is -3.45. The average Bonchev–Trinajstić information content (AvgIpc) is 2.65. The van der Waals surface area contributed by atoms with Crippen LogP contribution in [0.2, 0.25) is 0 Å². The zero-order valence-corrected chi connectivity index (χ0v) is 14.6. The van der Waals surface area contributed by atoms with Gasteiger partial charge in [-0.15, -0.1) is 0 Å². The Morgan fingerprint density at radius 2 is 1.56 bits per heavy atom. The lowest BCUT2D eigenvalue weighted by atomic mass is 10.0. The molecule has 0 bridgehead atoms. The van der Waals surface area contributed by atoms with Crippen molar-refractivity contribution in [3.05, 3.63) is 83.9 Å². The molecule has 0 aliphatic carbocycles. The number of benzene rings is 3. The monoisotopic (exact) mass is 355 g/mol. The molecule has 2 N–H and O–H groups in total. The standard InChI is InChI=1S/C20H21NO3S/c22-20(19-12-6-10-17-9-4-5-11-18(17)19)15-21-25(23,24)14-13-16-7-2-1-3-8-16/h1-12,20-22H,13-15H2. The average molecular weight is 355 g/mol. The van der Waals surface area contributed by atoms with Gasteiger partial charge in [-0.05, 0) is 28.3 Å². The summed E-state index contributed by atoms with van der Waals surface area (Å²) >= 11 is 0. The second-order valence-corrected chi connectivity index (χ2v) is 7.91. The van der Waals surface area contributed by atoms with E-state index in [-0.39, 0.29) is 12.3 Å². The number of fused-ring (bicyclic) bond motifs is 1. The smallest absolute Gasteiger partial charge is 0.212 e. The van der Waals surface area contributed by atoms with Gasteiger partial charge >= 0.3 is 0 Å². The Bertz CT molecular complexity index is 934. The van der Waals surface area contributed by atoms with E-state index in [0.29, 0.717) is 6.42 Å². The predicted molar refractivity (Wildman–Crippen MR) is 101 cm³/mol. The lowest BCUT2D eigenvalue weighted by Crippen LogP contribution is -2.31. The Balaban J connectivity index is 1.63. The zero-order chi connectivity index (χ0) is 17.7. The first-order valence-corrected chi connectivity index (χ1v) is 9.87. The number of aliphatic hydroxyl groups is 1. The second-order valence-electron chi connectivity index (χ2n) is 5.99. The van der Waals surface area contributed by atoms with Crippen LogP contribution < -0.4 is 4.72 Å². The van der Waals surface area contributed by atoms with Crippen molar-refractivity contribution >= 4 is 20.8 Å². The summed E-state index contributed by atoms with van der Waals surface area (Å²) in [5.74, 6) is -0.000723. The second kappa shape index (κ2) is 7.78. The Kier molecular flexibility index (Phi) is 5.48. The number of aliphatic hydroxyl groups excluding tert-OH is 1. The molecule has 1 atom stereocenters. The fourth-order valence-corrected chi connectivity index (χ4v) is 3.89. The molecule has 130 valence electrons. The van der Waals surface area contributed by atoms with Crippen molar-refractivity contribution in [2.45, 2.75) is 12.5 Å². The highest BCUT2D eigenvalue weighted by Gasteiger charge is 2.16. The largest absolute Gasteiger partial charge is 0.387 e. The van der Waals surface area contributed by atoms with E-state index in [0.717, 1.165) is 21.9 Å². The maximum absolute atomic E-state index is 12.2. The highest BCUT2D eigenvalue weighted by Crippen LogP contribution is 2.23. The van der Waals surface area contributed by atoms with E-state index in [2.05, 4.69) is 4.72 Å². The molecule has 0 aliphatic heterocycles. The maximum atomic E-state index is 12.2. The molecule has 3 rings (SSSR count). The minimum Gasteiger partial charge on any atom is -0.387 e. The van der Waals surface area contributed by atoms with Gasteiger partial charge in [-0.2, -0.15) is 0 Å². The van der Waals surface area contributed by atoms with E-state index in [1.54, 1.807) is 0 Å². The van der Waals surface area contributed by atoms with Gasteiger partial charge < -0.3 is 5.11 Å². The summed E-state index contributed by atoms with van der Waals surface area (Å²) in [4.78, 5) is 0. The number of hydrogen-bond acceptors (Lipinski definition) is 3.